The third-order valence-corrected chi connectivity index (χ3v) is 3.64. The van der Waals surface area contributed by atoms with Gasteiger partial charge in [0.1, 0.15) is 5.75 Å². The van der Waals surface area contributed by atoms with E-state index in [1.54, 1.807) is 42.5 Å². The monoisotopic (exact) mass is 381 g/mol. The molecule has 0 spiro atoms. The van der Waals surface area contributed by atoms with Crippen LogP contribution in [-0.4, -0.2) is 24.6 Å². The second-order valence-electron chi connectivity index (χ2n) is 5.23. The molecular weight excluding hydrogens is 365 g/mol. The van der Waals surface area contributed by atoms with E-state index in [4.69, 9.17) is 32.7 Å². The zero-order chi connectivity index (χ0) is 18.2. The average molecular weight is 382 g/mol. The molecule has 1 atom stereocenters. The van der Waals surface area contributed by atoms with E-state index in [-0.39, 0.29) is 6.61 Å². The highest BCUT2D eigenvalue weighted by atomic mass is 35.5. The Hall–Kier alpha value is -2.24. The molecule has 0 aliphatic rings. The van der Waals surface area contributed by atoms with Crippen molar-refractivity contribution in [2.45, 2.75) is 19.6 Å². The zero-order valence-corrected chi connectivity index (χ0v) is 15.0. The van der Waals surface area contributed by atoms with Crippen LogP contribution in [-0.2, 0) is 20.9 Å². The van der Waals surface area contributed by atoms with E-state index < -0.39 is 18.0 Å². The van der Waals surface area contributed by atoms with Gasteiger partial charge in [-0.1, -0.05) is 41.4 Å². The number of carbonyl (C=O) groups is 2. The lowest BCUT2D eigenvalue weighted by molar-refractivity contribution is -0.154. The van der Waals surface area contributed by atoms with E-state index in [0.29, 0.717) is 22.3 Å². The van der Waals surface area contributed by atoms with Crippen molar-refractivity contribution in [1.29, 1.82) is 0 Å². The van der Waals surface area contributed by atoms with Crippen molar-refractivity contribution in [1.82, 2.24) is 5.32 Å². The molecule has 1 amide bonds. The third kappa shape index (κ3) is 6.64. The van der Waals surface area contributed by atoms with Crippen molar-refractivity contribution in [3.05, 3.63) is 64.1 Å². The number of hydrogen-bond acceptors (Lipinski definition) is 4. The maximum absolute atomic E-state index is 11.9. The Labute approximate surface area is 155 Å². The van der Waals surface area contributed by atoms with Crippen LogP contribution in [0.4, 0.5) is 0 Å². The lowest BCUT2D eigenvalue weighted by Crippen LogP contribution is -2.32. The largest absolute Gasteiger partial charge is 0.479 e. The molecule has 0 heterocycles. The minimum atomic E-state index is -0.862. The summed E-state index contributed by atoms with van der Waals surface area (Å²) in [4.78, 5) is 23.6. The number of carbonyl (C=O) groups excluding carboxylic acids is 2. The van der Waals surface area contributed by atoms with Gasteiger partial charge in [-0.05, 0) is 42.8 Å². The molecule has 2 aromatic rings. The smallest absolute Gasteiger partial charge is 0.347 e. The number of rotatable bonds is 7. The molecule has 0 saturated carbocycles. The molecule has 0 bridgehead atoms. The molecule has 132 valence electrons. The molecule has 0 aliphatic carbocycles. The molecule has 5 nitrogen and oxygen atoms in total. The molecule has 1 N–H and O–H groups in total. The summed E-state index contributed by atoms with van der Waals surface area (Å²) < 4.78 is 10.4. The van der Waals surface area contributed by atoms with Gasteiger partial charge in [0.15, 0.2) is 12.7 Å². The van der Waals surface area contributed by atoms with Crippen LogP contribution < -0.4 is 10.1 Å². The summed E-state index contributed by atoms with van der Waals surface area (Å²) in [6.45, 7) is 1.45. The summed E-state index contributed by atoms with van der Waals surface area (Å²) in [5.41, 5.74) is 0.852. The van der Waals surface area contributed by atoms with Crippen LogP contribution in [0.15, 0.2) is 48.5 Å². The van der Waals surface area contributed by atoms with Gasteiger partial charge in [0.25, 0.3) is 5.91 Å². The number of nitrogens with one attached hydrogen (secondary N) is 1. The van der Waals surface area contributed by atoms with Gasteiger partial charge in [-0.2, -0.15) is 0 Å². The van der Waals surface area contributed by atoms with Crippen LogP contribution in [0, 0.1) is 0 Å². The highest BCUT2D eigenvalue weighted by Gasteiger charge is 2.17. The fourth-order valence-electron chi connectivity index (χ4n) is 1.95. The van der Waals surface area contributed by atoms with Crippen LogP contribution >= 0.6 is 23.2 Å². The maximum atomic E-state index is 11.9. The summed E-state index contributed by atoms with van der Waals surface area (Å²) in [5.74, 6) is -0.608. The highest BCUT2D eigenvalue weighted by Crippen LogP contribution is 2.18. The van der Waals surface area contributed by atoms with E-state index >= 15 is 0 Å². The molecule has 0 aromatic heterocycles. The van der Waals surface area contributed by atoms with Crippen LogP contribution in [0.1, 0.15) is 12.5 Å². The Bertz CT molecular complexity index is 751. The third-order valence-electron chi connectivity index (χ3n) is 3.17. The van der Waals surface area contributed by atoms with E-state index in [1.807, 2.05) is 6.07 Å². The number of amides is 1. The van der Waals surface area contributed by atoms with Crippen molar-refractivity contribution in [2.75, 3.05) is 6.61 Å². The first-order valence-corrected chi connectivity index (χ1v) is 8.29. The number of esters is 1. The van der Waals surface area contributed by atoms with E-state index in [0.717, 1.165) is 5.56 Å². The lowest BCUT2D eigenvalue weighted by atomic mass is 10.2. The molecule has 25 heavy (non-hydrogen) atoms. The molecule has 2 rings (SSSR count). The van der Waals surface area contributed by atoms with Crippen molar-refractivity contribution in [3.8, 4) is 5.75 Å². The summed E-state index contributed by atoms with van der Waals surface area (Å²) in [7, 11) is 0. The second-order valence-corrected chi connectivity index (χ2v) is 6.10. The molecule has 7 heteroatoms. The van der Waals surface area contributed by atoms with Crippen LogP contribution in [0.25, 0.3) is 0 Å². The highest BCUT2D eigenvalue weighted by molar-refractivity contribution is 6.30. The first-order chi connectivity index (χ1) is 11.9. The fourth-order valence-corrected chi connectivity index (χ4v) is 2.34. The van der Waals surface area contributed by atoms with Gasteiger partial charge in [0, 0.05) is 16.6 Å². The molecule has 0 radical (unpaired) electrons. The van der Waals surface area contributed by atoms with Gasteiger partial charge in [0.05, 0.1) is 0 Å². The Morgan fingerprint density at radius 2 is 1.76 bits per heavy atom. The van der Waals surface area contributed by atoms with Gasteiger partial charge < -0.3 is 14.8 Å². The summed E-state index contributed by atoms with van der Waals surface area (Å²) in [6.07, 6.45) is -0.862. The molecule has 0 saturated heterocycles. The van der Waals surface area contributed by atoms with E-state index in [1.165, 1.54) is 6.92 Å². The summed E-state index contributed by atoms with van der Waals surface area (Å²) >= 11 is 11.7. The Kier molecular flexibility index (Phi) is 7.10. The predicted molar refractivity (Wildman–Crippen MR) is 95.8 cm³/mol. The van der Waals surface area contributed by atoms with E-state index in [9.17, 15) is 9.59 Å². The molecule has 1 unspecified atom stereocenters. The standard InChI is InChI=1S/C18H17Cl2NO4/c1-12(25-16-7-3-6-15(20)9-16)18(23)24-11-17(22)21-10-13-4-2-5-14(19)8-13/h2-9,12H,10-11H2,1H3,(H,21,22). The van der Waals surface area contributed by atoms with Gasteiger partial charge in [-0.25, -0.2) is 4.79 Å². The number of ether oxygens (including phenoxy) is 2. The van der Waals surface area contributed by atoms with Gasteiger partial charge >= 0.3 is 5.97 Å². The number of hydrogen-bond donors (Lipinski definition) is 1. The fraction of sp³-hybridized carbons (Fsp3) is 0.222. The number of benzene rings is 2. The summed E-state index contributed by atoms with van der Waals surface area (Å²) in [6, 6.07) is 13.8. The quantitative estimate of drug-likeness (QED) is 0.743. The van der Waals surface area contributed by atoms with Crippen molar-refractivity contribution >= 4 is 35.1 Å². The Morgan fingerprint density at radius 1 is 1.08 bits per heavy atom. The zero-order valence-electron chi connectivity index (χ0n) is 13.5. The van der Waals surface area contributed by atoms with Crippen LogP contribution in [0.2, 0.25) is 10.0 Å². The topological polar surface area (TPSA) is 64.6 Å². The van der Waals surface area contributed by atoms with E-state index in [2.05, 4.69) is 5.32 Å². The van der Waals surface area contributed by atoms with Crippen molar-refractivity contribution in [3.63, 3.8) is 0 Å². The molecule has 0 fully saturated rings. The van der Waals surface area contributed by atoms with Gasteiger partial charge in [-0.15, -0.1) is 0 Å². The van der Waals surface area contributed by atoms with Crippen molar-refractivity contribution in [2.24, 2.45) is 0 Å². The molecule has 0 aliphatic heterocycles. The minimum absolute atomic E-state index is 0.297. The predicted octanol–water partition coefficient (Wildman–Crippen LogP) is 3.62. The van der Waals surface area contributed by atoms with Crippen LogP contribution in [0.5, 0.6) is 5.75 Å². The summed E-state index contributed by atoms with van der Waals surface area (Å²) in [5, 5.41) is 3.73. The first-order valence-electron chi connectivity index (χ1n) is 7.54. The maximum Gasteiger partial charge on any atom is 0.347 e. The average Bonchev–Trinajstić information content (AvgIpc) is 2.58. The number of halogens is 2. The molecule has 2 aromatic carbocycles. The van der Waals surface area contributed by atoms with Gasteiger partial charge in [0.2, 0.25) is 0 Å². The normalized spacial score (nSPS) is 11.5. The lowest BCUT2D eigenvalue weighted by Gasteiger charge is -2.14. The first kappa shape index (κ1) is 19.1. The van der Waals surface area contributed by atoms with Gasteiger partial charge in [-0.3, -0.25) is 4.79 Å². The second kappa shape index (κ2) is 9.30. The Morgan fingerprint density at radius 3 is 2.44 bits per heavy atom. The SMILES string of the molecule is CC(Oc1cccc(Cl)c1)C(=O)OCC(=O)NCc1cccc(Cl)c1. The molecular formula is C18H17Cl2NO4. The minimum Gasteiger partial charge on any atom is -0.479 e. The Balaban J connectivity index is 1.74. The van der Waals surface area contributed by atoms with Crippen molar-refractivity contribution < 1.29 is 19.1 Å². The van der Waals surface area contributed by atoms with Crippen LogP contribution in [0.3, 0.4) is 0 Å².